The number of benzene rings is 1. The summed E-state index contributed by atoms with van der Waals surface area (Å²) in [4.78, 5) is 24.4. The van der Waals surface area contributed by atoms with E-state index < -0.39 is 22.7 Å². The molecule has 1 aromatic heterocycles. The Morgan fingerprint density at radius 3 is 2.61 bits per heavy atom. The van der Waals surface area contributed by atoms with Crippen molar-refractivity contribution in [2.45, 2.75) is 6.18 Å². The summed E-state index contributed by atoms with van der Waals surface area (Å²) in [6, 6.07) is 3.14. The van der Waals surface area contributed by atoms with Crippen molar-refractivity contribution in [3.05, 3.63) is 34.6 Å². The predicted molar refractivity (Wildman–Crippen MR) is 53.1 cm³/mol. The molecule has 0 bridgehead atoms. The zero-order valence-corrected chi connectivity index (χ0v) is 8.51. The normalized spacial score (nSPS) is 11.7. The number of fused-ring (bicyclic) bond motifs is 1. The molecule has 0 unspecified atom stereocenters. The molecule has 0 aliphatic rings. The Kier molecular flexibility index (Phi) is 2.53. The first-order valence-electron chi connectivity index (χ1n) is 4.54. The highest BCUT2D eigenvalue weighted by molar-refractivity contribution is 5.93. The maximum Gasteiger partial charge on any atom is 0.472 e. The van der Waals surface area contributed by atoms with Crippen LogP contribution < -0.4 is 0 Å². The van der Waals surface area contributed by atoms with Crippen LogP contribution in [0.4, 0.5) is 18.9 Å². The van der Waals surface area contributed by atoms with Crippen molar-refractivity contribution >= 4 is 22.6 Å². The number of carbonyl (C=O) groups is 1. The molecule has 2 rings (SSSR count). The van der Waals surface area contributed by atoms with Gasteiger partial charge in [-0.1, -0.05) is 0 Å². The molecule has 0 aliphatic heterocycles. The molecule has 0 N–H and O–H groups in total. The van der Waals surface area contributed by atoms with Gasteiger partial charge in [-0.25, -0.2) is 4.98 Å². The first-order chi connectivity index (χ1) is 8.30. The molecule has 0 aliphatic carbocycles. The Morgan fingerprint density at radius 2 is 2.06 bits per heavy atom. The zero-order valence-electron chi connectivity index (χ0n) is 8.51. The maximum atomic E-state index is 12.3. The minimum atomic E-state index is -5.07. The lowest BCUT2D eigenvalue weighted by atomic mass is 10.3. The molecule has 2 aromatic rings. The molecule has 0 radical (unpaired) electrons. The topological polar surface area (TPSA) is 78.0 Å². The van der Waals surface area contributed by atoms with Crippen molar-refractivity contribution in [1.29, 1.82) is 0 Å². The third-order valence-electron chi connectivity index (χ3n) is 2.20. The van der Waals surface area contributed by atoms with E-state index in [0.717, 1.165) is 12.1 Å². The monoisotopic (exact) mass is 259 g/mol. The molecule has 9 heteroatoms. The van der Waals surface area contributed by atoms with Gasteiger partial charge >= 0.3 is 12.1 Å². The second-order valence-corrected chi connectivity index (χ2v) is 3.35. The van der Waals surface area contributed by atoms with Gasteiger partial charge in [0.2, 0.25) is 0 Å². The van der Waals surface area contributed by atoms with E-state index in [2.05, 4.69) is 4.98 Å². The summed E-state index contributed by atoms with van der Waals surface area (Å²) in [5.74, 6) is -2.15. The van der Waals surface area contributed by atoms with Gasteiger partial charge in [0, 0.05) is 12.1 Å². The van der Waals surface area contributed by atoms with Crippen LogP contribution in [0, 0.1) is 10.1 Å². The van der Waals surface area contributed by atoms with Crippen LogP contribution in [-0.2, 0) is 0 Å². The number of aromatic nitrogens is 2. The van der Waals surface area contributed by atoms with Crippen molar-refractivity contribution in [3.63, 3.8) is 0 Å². The first-order valence-corrected chi connectivity index (χ1v) is 4.54. The van der Waals surface area contributed by atoms with E-state index in [1.165, 1.54) is 6.07 Å². The van der Waals surface area contributed by atoms with Crippen LogP contribution in [0.2, 0.25) is 0 Å². The van der Waals surface area contributed by atoms with Crippen LogP contribution in [0.3, 0.4) is 0 Å². The number of imidazole rings is 1. The number of rotatable bonds is 1. The van der Waals surface area contributed by atoms with Gasteiger partial charge in [0.15, 0.2) is 0 Å². The largest absolute Gasteiger partial charge is 0.472 e. The van der Waals surface area contributed by atoms with E-state index in [9.17, 15) is 28.1 Å². The third kappa shape index (κ3) is 1.90. The summed E-state index contributed by atoms with van der Waals surface area (Å²) in [6.45, 7) is 0. The van der Waals surface area contributed by atoms with E-state index in [1.54, 1.807) is 0 Å². The minimum Gasteiger partial charge on any atom is -0.264 e. The van der Waals surface area contributed by atoms with Gasteiger partial charge in [0.25, 0.3) is 5.69 Å². The number of halogens is 3. The van der Waals surface area contributed by atoms with Crippen LogP contribution in [-0.4, -0.2) is 26.6 Å². The molecule has 18 heavy (non-hydrogen) atoms. The molecule has 0 spiro atoms. The standard InChI is InChI=1S/C9H4F3N3O3/c10-9(11,12)8(16)14-4-13-6-2-1-5(15(17)18)3-7(6)14/h1-4H. The van der Waals surface area contributed by atoms with Crippen molar-refractivity contribution in [2.75, 3.05) is 0 Å². The first kappa shape index (κ1) is 12.0. The quantitative estimate of drug-likeness (QED) is 0.580. The smallest absolute Gasteiger partial charge is 0.264 e. The highest BCUT2D eigenvalue weighted by Gasteiger charge is 2.40. The molecule has 1 aromatic carbocycles. The molecular formula is C9H4F3N3O3. The number of nitrogens with zero attached hydrogens (tertiary/aromatic N) is 3. The number of alkyl halides is 3. The molecule has 6 nitrogen and oxygen atoms in total. The molecule has 0 saturated heterocycles. The van der Waals surface area contributed by atoms with Gasteiger partial charge in [0.05, 0.1) is 16.0 Å². The summed E-state index contributed by atoms with van der Waals surface area (Å²) in [5.41, 5.74) is -0.607. The van der Waals surface area contributed by atoms with E-state index in [-0.39, 0.29) is 15.6 Å². The third-order valence-corrected chi connectivity index (χ3v) is 2.20. The van der Waals surface area contributed by atoms with Crippen LogP contribution in [0.1, 0.15) is 4.79 Å². The van der Waals surface area contributed by atoms with Gasteiger partial charge in [-0.2, -0.15) is 13.2 Å². The van der Waals surface area contributed by atoms with E-state index in [0.29, 0.717) is 6.33 Å². The second-order valence-electron chi connectivity index (χ2n) is 3.35. The van der Waals surface area contributed by atoms with Gasteiger partial charge in [-0.3, -0.25) is 19.5 Å². The highest BCUT2D eigenvalue weighted by Crippen LogP contribution is 2.24. The SMILES string of the molecule is O=C(n1cnc2ccc([N+](=O)[O-])cc21)C(F)(F)F. The molecule has 0 atom stereocenters. The van der Waals surface area contributed by atoms with E-state index in [4.69, 9.17) is 0 Å². The van der Waals surface area contributed by atoms with Gasteiger partial charge in [-0.05, 0) is 6.07 Å². The van der Waals surface area contributed by atoms with Gasteiger partial charge in [0.1, 0.15) is 6.33 Å². The molecule has 1 heterocycles. The number of non-ortho nitro benzene ring substituents is 1. The van der Waals surface area contributed by atoms with Crippen molar-refractivity contribution in [2.24, 2.45) is 0 Å². The number of carbonyl (C=O) groups excluding carboxylic acids is 1. The zero-order chi connectivity index (χ0) is 13.5. The Balaban J connectivity index is 2.62. The Hall–Kier alpha value is -2.45. The number of hydrogen-bond acceptors (Lipinski definition) is 4. The summed E-state index contributed by atoms with van der Waals surface area (Å²) < 4.78 is 37.0. The minimum absolute atomic E-state index is 0.0678. The summed E-state index contributed by atoms with van der Waals surface area (Å²) >= 11 is 0. The van der Waals surface area contributed by atoms with Crippen LogP contribution in [0.25, 0.3) is 11.0 Å². The summed E-state index contributed by atoms with van der Waals surface area (Å²) in [5, 5.41) is 10.5. The van der Waals surface area contributed by atoms with E-state index >= 15 is 0 Å². The number of hydrogen-bond donors (Lipinski definition) is 0. The van der Waals surface area contributed by atoms with Crippen LogP contribution in [0.15, 0.2) is 24.5 Å². The number of nitro groups is 1. The lowest BCUT2D eigenvalue weighted by Gasteiger charge is -2.05. The lowest BCUT2D eigenvalue weighted by molar-refractivity contribution is -0.384. The van der Waals surface area contributed by atoms with Crippen LogP contribution >= 0.6 is 0 Å². The Morgan fingerprint density at radius 1 is 1.39 bits per heavy atom. The molecule has 0 amide bonds. The second kappa shape index (κ2) is 3.79. The fraction of sp³-hybridized carbons (Fsp3) is 0.111. The highest BCUT2D eigenvalue weighted by atomic mass is 19.4. The molecule has 0 saturated carbocycles. The van der Waals surface area contributed by atoms with Gasteiger partial charge < -0.3 is 0 Å². The van der Waals surface area contributed by atoms with Crippen molar-refractivity contribution in [3.8, 4) is 0 Å². The van der Waals surface area contributed by atoms with Crippen molar-refractivity contribution in [1.82, 2.24) is 9.55 Å². The Bertz CT molecular complexity index is 647. The Labute approximate surface area is 96.8 Å². The summed E-state index contributed by atoms with van der Waals surface area (Å²) in [7, 11) is 0. The molecule has 0 fully saturated rings. The average molecular weight is 259 g/mol. The molecular weight excluding hydrogens is 255 g/mol. The van der Waals surface area contributed by atoms with E-state index in [1.807, 2.05) is 0 Å². The average Bonchev–Trinajstić information content (AvgIpc) is 2.68. The lowest BCUT2D eigenvalue weighted by Crippen LogP contribution is -2.28. The van der Waals surface area contributed by atoms with Crippen LogP contribution in [0.5, 0.6) is 0 Å². The van der Waals surface area contributed by atoms with Gasteiger partial charge in [-0.15, -0.1) is 0 Å². The number of nitro benzene ring substituents is 1. The maximum absolute atomic E-state index is 12.3. The molecule has 94 valence electrons. The van der Waals surface area contributed by atoms with Crippen molar-refractivity contribution < 1.29 is 22.9 Å². The predicted octanol–water partition coefficient (Wildman–Crippen LogP) is 2.15. The fourth-order valence-electron chi connectivity index (χ4n) is 1.41. The fourth-order valence-corrected chi connectivity index (χ4v) is 1.41. The summed E-state index contributed by atoms with van der Waals surface area (Å²) in [6.07, 6.45) is -4.39.